The molecule has 14 heteroatoms. The first-order valence-corrected chi connectivity index (χ1v) is 9.33. The van der Waals surface area contributed by atoms with Crippen LogP contribution in [0.15, 0.2) is 55.1 Å². The number of alkyl halides is 6. The summed E-state index contributed by atoms with van der Waals surface area (Å²) in [5.41, 5.74) is 3.65. The van der Waals surface area contributed by atoms with Crippen LogP contribution in [0.5, 0.6) is 0 Å². The highest BCUT2D eigenvalue weighted by atomic mass is 19.4. The van der Waals surface area contributed by atoms with E-state index < -0.39 is 35.2 Å². The zero-order valence-corrected chi connectivity index (χ0v) is 16.7. The molecule has 0 saturated carbocycles. The van der Waals surface area contributed by atoms with Crippen LogP contribution in [0.25, 0.3) is 16.9 Å². The summed E-state index contributed by atoms with van der Waals surface area (Å²) in [5, 5.41) is 4.33. The number of carbonyl (C=O) groups is 1. The fraction of sp³-hybridized carbons (Fsp3) is 0.100. The van der Waals surface area contributed by atoms with Crippen LogP contribution in [0.1, 0.15) is 11.1 Å². The maximum absolute atomic E-state index is 13.0. The summed E-state index contributed by atoms with van der Waals surface area (Å²) in [7, 11) is 0. The van der Waals surface area contributed by atoms with Crippen molar-refractivity contribution in [3.63, 3.8) is 0 Å². The summed E-state index contributed by atoms with van der Waals surface area (Å²) in [6, 6.07) is 5.87. The van der Waals surface area contributed by atoms with Crippen LogP contribution in [0.2, 0.25) is 0 Å². The van der Waals surface area contributed by atoms with Crippen molar-refractivity contribution in [2.45, 2.75) is 12.4 Å². The first-order chi connectivity index (χ1) is 15.9. The molecule has 0 atom stereocenters. The molecule has 8 nitrogen and oxygen atoms in total. The number of hydrogen-bond acceptors (Lipinski definition) is 5. The molecule has 0 unspecified atom stereocenters. The normalized spacial score (nSPS) is 12.1. The maximum atomic E-state index is 13.0. The monoisotopic (exact) mass is 481 g/mol. The molecule has 0 bridgehead atoms. The summed E-state index contributed by atoms with van der Waals surface area (Å²) in [6.45, 7) is 0. The van der Waals surface area contributed by atoms with Crippen molar-refractivity contribution in [2.24, 2.45) is 0 Å². The number of rotatable bonds is 3. The Labute approximate surface area is 186 Å². The largest absolute Gasteiger partial charge is 0.416 e. The SMILES string of the molecule is Nc1ncnc2c1ncn2-c1ccc(NC(=O)Nc2cc(C(F)(F)F)cc(C(F)(F)F)c2)cc1. The van der Waals surface area contributed by atoms with Crippen LogP contribution < -0.4 is 16.4 Å². The van der Waals surface area contributed by atoms with Gasteiger partial charge in [0.25, 0.3) is 0 Å². The second-order valence-electron chi connectivity index (χ2n) is 6.97. The smallest absolute Gasteiger partial charge is 0.382 e. The third-order valence-electron chi connectivity index (χ3n) is 4.61. The number of nitrogens with zero attached hydrogens (tertiary/aromatic N) is 4. The van der Waals surface area contributed by atoms with E-state index in [0.29, 0.717) is 29.0 Å². The molecule has 0 fully saturated rings. The zero-order chi connectivity index (χ0) is 24.7. The van der Waals surface area contributed by atoms with Gasteiger partial charge in [-0.25, -0.2) is 19.7 Å². The minimum atomic E-state index is -5.03. The Kier molecular flexibility index (Phi) is 5.51. The lowest BCUT2D eigenvalue weighted by molar-refractivity contribution is -0.143. The lowest BCUT2D eigenvalue weighted by atomic mass is 10.1. The number of imidazole rings is 1. The van der Waals surface area contributed by atoms with Crippen molar-refractivity contribution in [1.82, 2.24) is 19.5 Å². The highest BCUT2D eigenvalue weighted by Crippen LogP contribution is 2.37. The molecule has 0 spiro atoms. The van der Waals surface area contributed by atoms with Gasteiger partial charge >= 0.3 is 18.4 Å². The molecule has 0 radical (unpaired) electrons. The number of amides is 2. The van der Waals surface area contributed by atoms with E-state index in [0.717, 1.165) is 0 Å². The molecule has 4 N–H and O–H groups in total. The average molecular weight is 481 g/mol. The van der Waals surface area contributed by atoms with Crippen molar-refractivity contribution in [2.75, 3.05) is 16.4 Å². The van der Waals surface area contributed by atoms with E-state index >= 15 is 0 Å². The number of fused-ring (bicyclic) bond motifs is 1. The standard InChI is InChI=1S/C20H13F6N7O/c21-19(22,23)10-5-11(20(24,25)26)7-13(6-10)32-18(34)31-12-1-3-14(4-2-12)33-9-30-15-16(27)28-8-29-17(15)33/h1-9H,(H2,27,28,29)(H2,31,32,34). The van der Waals surface area contributed by atoms with Gasteiger partial charge in [-0.2, -0.15) is 26.3 Å². The maximum Gasteiger partial charge on any atom is 0.416 e. The third kappa shape index (κ3) is 4.69. The molecular formula is C20H13F6N7O. The Morgan fingerprint density at radius 1 is 0.824 bits per heavy atom. The van der Waals surface area contributed by atoms with E-state index in [1.807, 2.05) is 5.32 Å². The Morgan fingerprint density at radius 2 is 1.41 bits per heavy atom. The van der Waals surface area contributed by atoms with E-state index in [2.05, 4.69) is 20.3 Å². The second-order valence-corrected chi connectivity index (χ2v) is 6.97. The Bertz CT molecular complexity index is 1330. The summed E-state index contributed by atoms with van der Waals surface area (Å²) in [5.74, 6) is 0.196. The number of benzene rings is 2. The van der Waals surface area contributed by atoms with Crippen molar-refractivity contribution < 1.29 is 31.1 Å². The van der Waals surface area contributed by atoms with E-state index in [1.165, 1.54) is 24.8 Å². The molecule has 4 rings (SSSR count). The minimum Gasteiger partial charge on any atom is -0.382 e. The molecule has 34 heavy (non-hydrogen) atoms. The number of aromatic nitrogens is 4. The van der Waals surface area contributed by atoms with Crippen LogP contribution >= 0.6 is 0 Å². The van der Waals surface area contributed by atoms with Crippen LogP contribution in [0.4, 0.5) is 48.3 Å². The molecule has 0 saturated heterocycles. The summed E-state index contributed by atoms with van der Waals surface area (Å²) < 4.78 is 79.5. The van der Waals surface area contributed by atoms with Gasteiger partial charge in [-0.05, 0) is 42.5 Å². The van der Waals surface area contributed by atoms with E-state index in [4.69, 9.17) is 5.73 Å². The van der Waals surface area contributed by atoms with Crippen LogP contribution in [-0.2, 0) is 12.4 Å². The number of nitrogens with two attached hydrogens (primary N) is 1. The summed E-state index contributed by atoms with van der Waals surface area (Å²) >= 11 is 0. The average Bonchev–Trinajstić information content (AvgIpc) is 3.18. The van der Waals surface area contributed by atoms with Gasteiger partial charge in [0.2, 0.25) is 0 Å². The van der Waals surface area contributed by atoms with E-state index in [9.17, 15) is 31.1 Å². The zero-order valence-electron chi connectivity index (χ0n) is 16.7. The number of urea groups is 1. The summed E-state index contributed by atoms with van der Waals surface area (Å²) in [6.07, 6.45) is -7.32. The molecule has 0 aliphatic carbocycles. The molecule has 2 heterocycles. The molecule has 0 aliphatic rings. The molecule has 2 aromatic heterocycles. The van der Waals surface area contributed by atoms with Crippen LogP contribution in [0.3, 0.4) is 0 Å². The van der Waals surface area contributed by atoms with Crippen molar-refractivity contribution in [3.05, 3.63) is 66.2 Å². The van der Waals surface area contributed by atoms with E-state index in [1.54, 1.807) is 16.7 Å². The number of hydrogen-bond donors (Lipinski definition) is 3. The van der Waals surface area contributed by atoms with Gasteiger partial charge in [-0.15, -0.1) is 0 Å². The van der Waals surface area contributed by atoms with Gasteiger partial charge in [-0.3, -0.25) is 4.57 Å². The lowest BCUT2D eigenvalue weighted by Crippen LogP contribution is -2.20. The molecule has 4 aromatic rings. The van der Waals surface area contributed by atoms with Gasteiger partial charge in [0.15, 0.2) is 17.0 Å². The third-order valence-corrected chi connectivity index (χ3v) is 4.61. The highest BCUT2D eigenvalue weighted by molar-refractivity contribution is 6.00. The molecule has 2 amide bonds. The van der Waals surface area contributed by atoms with Crippen LogP contribution in [-0.4, -0.2) is 25.6 Å². The fourth-order valence-corrected chi connectivity index (χ4v) is 3.07. The number of nitrogens with one attached hydrogen (secondary N) is 2. The Balaban J connectivity index is 1.52. The molecular weight excluding hydrogens is 468 g/mol. The quantitative estimate of drug-likeness (QED) is 0.354. The van der Waals surface area contributed by atoms with Gasteiger partial charge in [-0.1, -0.05) is 0 Å². The topological polar surface area (TPSA) is 111 Å². The molecule has 2 aromatic carbocycles. The fourth-order valence-electron chi connectivity index (χ4n) is 3.07. The predicted molar refractivity (Wildman–Crippen MR) is 110 cm³/mol. The summed E-state index contributed by atoms with van der Waals surface area (Å²) in [4.78, 5) is 24.3. The predicted octanol–water partition coefficient (Wildman–Crippen LogP) is 5.08. The van der Waals surface area contributed by atoms with Crippen molar-refractivity contribution in [3.8, 4) is 5.69 Å². The Hall–Kier alpha value is -4.36. The van der Waals surface area contributed by atoms with Gasteiger partial charge < -0.3 is 16.4 Å². The van der Waals surface area contributed by atoms with Gasteiger partial charge in [0, 0.05) is 17.1 Å². The lowest BCUT2D eigenvalue weighted by Gasteiger charge is -2.15. The number of carbonyl (C=O) groups excluding carboxylic acids is 1. The second kappa shape index (κ2) is 8.20. The highest BCUT2D eigenvalue weighted by Gasteiger charge is 2.37. The Morgan fingerprint density at radius 3 is 2.00 bits per heavy atom. The number of nitrogen functional groups attached to an aromatic ring is 1. The first kappa shape index (κ1) is 22.8. The van der Waals surface area contributed by atoms with Crippen molar-refractivity contribution >= 4 is 34.4 Å². The number of halogens is 6. The minimum absolute atomic E-state index is 0.0276. The van der Waals surface area contributed by atoms with Gasteiger partial charge in [0.1, 0.15) is 12.7 Å². The first-order valence-electron chi connectivity index (χ1n) is 9.33. The molecule has 176 valence electrons. The van der Waals surface area contributed by atoms with Crippen LogP contribution in [0, 0.1) is 0 Å². The molecule has 0 aliphatic heterocycles. The number of anilines is 3. The van der Waals surface area contributed by atoms with Crippen molar-refractivity contribution in [1.29, 1.82) is 0 Å². The van der Waals surface area contributed by atoms with E-state index in [-0.39, 0.29) is 17.6 Å². The van der Waals surface area contributed by atoms with Gasteiger partial charge in [0.05, 0.1) is 11.1 Å².